The molecule has 3 rings (SSSR count). The summed E-state index contributed by atoms with van der Waals surface area (Å²) in [4.78, 5) is 14.2. The average molecular weight is 298 g/mol. The molecule has 1 aliphatic rings. The Morgan fingerprint density at radius 2 is 1.95 bits per heavy atom. The zero-order valence-corrected chi connectivity index (χ0v) is 13.0. The molecule has 2 aromatic rings. The van der Waals surface area contributed by atoms with Gasteiger partial charge < -0.3 is 5.73 Å². The fraction of sp³-hybridized carbons (Fsp3) is 0.235. The normalized spacial score (nSPS) is 18.3. The van der Waals surface area contributed by atoms with Gasteiger partial charge in [0.15, 0.2) is 0 Å². The van der Waals surface area contributed by atoms with E-state index in [-0.39, 0.29) is 11.3 Å². The third kappa shape index (κ3) is 2.63. The fourth-order valence-corrected chi connectivity index (χ4v) is 3.70. The number of anilines is 2. The van der Waals surface area contributed by atoms with Crippen molar-refractivity contribution >= 4 is 29.0 Å². The van der Waals surface area contributed by atoms with Gasteiger partial charge in [0.05, 0.1) is 5.75 Å². The Morgan fingerprint density at radius 3 is 2.67 bits per heavy atom. The number of nitrogens with zero attached hydrogens (tertiary/aromatic N) is 1. The number of hydrogen-bond donors (Lipinski definition) is 1. The molecule has 108 valence electrons. The van der Waals surface area contributed by atoms with Gasteiger partial charge in [-0.1, -0.05) is 18.2 Å². The van der Waals surface area contributed by atoms with Crippen LogP contribution >= 0.6 is 11.8 Å². The number of carbonyl (C=O) groups is 1. The molecule has 0 bridgehead atoms. The maximum Gasteiger partial charge on any atom is 0.238 e. The number of amides is 1. The molecule has 21 heavy (non-hydrogen) atoms. The minimum absolute atomic E-state index is 0.00288. The van der Waals surface area contributed by atoms with Crippen molar-refractivity contribution in [2.45, 2.75) is 19.2 Å². The highest BCUT2D eigenvalue weighted by molar-refractivity contribution is 8.00. The summed E-state index contributed by atoms with van der Waals surface area (Å²) in [7, 11) is 0. The van der Waals surface area contributed by atoms with Crippen LogP contribution < -0.4 is 10.6 Å². The standard InChI is InChI=1S/C17H18N2OS/c1-11-6-7-15(8-12(11)2)19-16(20)10-21-17(19)13-4-3-5-14(18)9-13/h3-9,17H,10,18H2,1-2H3/t17-/m0/s1. The van der Waals surface area contributed by atoms with Crippen LogP contribution in [0.2, 0.25) is 0 Å². The molecule has 2 aromatic carbocycles. The van der Waals surface area contributed by atoms with E-state index >= 15 is 0 Å². The number of thioether (sulfide) groups is 1. The summed E-state index contributed by atoms with van der Waals surface area (Å²) < 4.78 is 0. The highest BCUT2D eigenvalue weighted by Gasteiger charge is 2.34. The van der Waals surface area contributed by atoms with Crippen molar-refractivity contribution in [3.8, 4) is 0 Å². The molecule has 1 aliphatic heterocycles. The van der Waals surface area contributed by atoms with Crippen LogP contribution in [-0.4, -0.2) is 11.7 Å². The van der Waals surface area contributed by atoms with Gasteiger partial charge in [0.2, 0.25) is 5.91 Å². The van der Waals surface area contributed by atoms with Crippen molar-refractivity contribution in [3.63, 3.8) is 0 Å². The first-order valence-corrected chi connectivity index (χ1v) is 7.97. The summed E-state index contributed by atoms with van der Waals surface area (Å²) in [5, 5.41) is 0.00288. The molecular weight excluding hydrogens is 280 g/mol. The average Bonchev–Trinajstić information content (AvgIpc) is 2.84. The van der Waals surface area contributed by atoms with Gasteiger partial charge in [-0.3, -0.25) is 9.69 Å². The molecule has 1 heterocycles. The molecule has 0 unspecified atom stereocenters. The van der Waals surface area contributed by atoms with Crippen molar-refractivity contribution in [2.75, 3.05) is 16.4 Å². The number of rotatable bonds is 2. The molecule has 4 heteroatoms. The summed E-state index contributed by atoms with van der Waals surface area (Å²) in [6.45, 7) is 4.15. The molecule has 1 amide bonds. The van der Waals surface area contributed by atoms with Crippen LogP contribution in [0.5, 0.6) is 0 Å². The van der Waals surface area contributed by atoms with E-state index in [4.69, 9.17) is 5.73 Å². The minimum Gasteiger partial charge on any atom is -0.399 e. The first-order chi connectivity index (χ1) is 10.1. The molecule has 1 atom stereocenters. The Balaban J connectivity index is 2.01. The second kappa shape index (κ2) is 5.45. The Labute approximate surface area is 129 Å². The Bertz CT molecular complexity index is 699. The van der Waals surface area contributed by atoms with Gasteiger partial charge in [-0.2, -0.15) is 0 Å². The molecular formula is C17H18N2OS. The zero-order chi connectivity index (χ0) is 15.0. The number of carbonyl (C=O) groups excluding carboxylic acids is 1. The van der Waals surface area contributed by atoms with Gasteiger partial charge in [-0.25, -0.2) is 0 Å². The van der Waals surface area contributed by atoms with Gasteiger partial charge in [0, 0.05) is 11.4 Å². The highest BCUT2D eigenvalue weighted by Crippen LogP contribution is 2.42. The number of nitrogens with two attached hydrogens (primary N) is 1. The molecule has 0 radical (unpaired) electrons. The summed E-state index contributed by atoms with van der Waals surface area (Å²) >= 11 is 1.65. The molecule has 1 saturated heterocycles. The quantitative estimate of drug-likeness (QED) is 0.861. The number of nitrogen functional groups attached to an aromatic ring is 1. The predicted octanol–water partition coefficient (Wildman–Crippen LogP) is 3.66. The maximum atomic E-state index is 12.3. The second-order valence-electron chi connectivity index (χ2n) is 5.37. The summed E-state index contributed by atoms with van der Waals surface area (Å²) in [5.41, 5.74) is 11.1. The molecule has 0 aromatic heterocycles. The van der Waals surface area contributed by atoms with E-state index in [2.05, 4.69) is 26.0 Å². The van der Waals surface area contributed by atoms with E-state index < -0.39 is 0 Å². The largest absolute Gasteiger partial charge is 0.399 e. The molecule has 0 aliphatic carbocycles. The summed E-state index contributed by atoms with van der Waals surface area (Å²) in [5.74, 6) is 0.655. The highest BCUT2D eigenvalue weighted by atomic mass is 32.2. The predicted molar refractivity (Wildman–Crippen MR) is 89.5 cm³/mol. The smallest absolute Gasteiger partial charge is 0.238 e. The van der Waals surface area contributed by atoms with E-state index in [1.807, 2.05) is 35.2 Å². The molecule has 0 saturated carbocycles. The van der Waals surface area contributed by atoms with E-state index in [9.17, 15) is 4.79 Å². The second-order valence-corrected chi connectivity index (χ2v) is 6.43. The third-order valence-electron chi connectivity index (χ3n) is 3.83. The maximum absolute atomic E-state index is 12.3. The van der Waals surface area contributed by atoms with Crippen LogP contribution in [0.4, 0.5) is 11.4 Å². The Kier molecular flexibility index (Phi) is 3.64. The number of aryl methyl sites for hydroxylation is 2. The van der Waals surface area contributed by atoms with Crippen LogP contribution in [0.15, 0.2) is 42.5 Å². The lowest BCUT2D eigenvalue weighted by molar-refractivity contribution is -0.115. The van der Waals surface area contributed by atoms with E-state index in [0.29, 0.717) is 5.75 Å². The van der Waals surface area contributed by atoms with Gasteiger partial charge >= 0.3 is 0 Å². The van der Waals surface area contributed by atoms with Crippen molar-refractivity contribution in [3.05, 3.63) is 59.2 Å². The SMILES string of the molecule is Cc1ccc(N2C(=O)CS[C@H]2c2cccc(N)c2)cc1C. The summed E-state index contributed by atoms with van der Waals surface area (Å²) in [6, 6.07) is 13.9. The van der Waals surface area contributed by atoms with Gasteiger partial charge in [0.1, 0.15) is 5.37 Å². The van der Waals surface area contributed by atoms with Crippen molar-refractivity contribution in [2.24, 2.45) is 0 Å². The molecule has 1 fully saturated rings. The number of benzene rings is 2. The lowest BCUT2D eigenvalue weighted by atomic mass is 10.1. The van der Waals surface area contributed by atoms with Crippen molar-refractivity contribution < 1.29 is 4.79 Å². The van der Waals surface area contributed by atoms with Crippen molar-refractivity contribution in [1.82, 2.24) is 0 Å². The first-order valence-electron chi connectivity index (χ1n) is 6.92. The lowest BCUT2D eigenvalue weighted by Crippen LogP contribution is -2.27. The Morgan fingerprint density at radius 1 is 1.14 bits per heavy atom. The lowest BCUT2D eigenvalue weighted by Gasteiger charge is -2.25. The van der Waals surface area contributed by atoms with Gasteiger partial charge in [-0.05, 0) is 54.8 Å². The summed E-state index contributed by atoms with van der Waals surface area (Å²) in [6.07, 6.45) is 0. The molecule has 2 N–H and O–H groups in total. The van der Waals surface area contributed by atoms with Crippen LogP contribution in [0.1, 0.15) is 22.1 Å². The minimum atomic E-state index is 0.00288. The topological polar surface area (TPSA) is 46.3 Å². The van der Waals surface area contributed by atoms with Crippen LogP contribution in [-0.2, 0) is 4.79 Å². The first kappa shape index (κ1) is 14.0. The third-order valence-corrected chi connectivity index (χ3v) is 5.04. The molecule has 0 spiro atoms. The van der Waals surface area contributed by atoms with E-state index in [1.54, 1.807) is 11.8 Å². The van der Waals surface area contributed by atoms with Gasteiger partial charge in [0.25, 0.3) is 0 Å². The van der Waals surface area contributed by atoms with Crippen LogP contribution in [0, 0.1) is 13.8 Å². The van der Waals surface area contributed by atoms with E-state index in [1.165, 1.54) is 11.1 Å². The Hall–Kier alpha value is -1.94. The zero-order valence-electron chi connectivity index (χ0n) is 12.2. The van der Waals surface area contributed by atoms with Crippen LogP contribution in [0.3, 0.4) is 0 Å². The number of hydrogen-bond acceptors (Lipinski definition) is 3. The van der Waals surface area contributed by atoms with Gasteiger partial charge in [-0.15, -0.1) is 11.8 Å². The van der Waals surface area contributed by atoms with Crippen LogP contribution in [0.25, 0.3) is 0 Å². The van der Waals surface area contributed by atoms with Crippen molar-refractivity contribution in [1.29, 1.82) is 0 Å². The molecule has 3 nitrogen and oxygen atoms in total. The fourth-order valence-electron chi connectivity index (χ4n) is 2.54. The monoisotopic (exact) mass is 298 g/mol. The van der Waals surface area contributed by atoms with E-state index in [0.717, 1.165) is 16.9 Å².